The van der Waals surface area contributed by atoms with Crippen LogP contribution in [0.4, 0.5) is 11.4 Å². The Morgan fingerprint density at radius 3 is 2.80 bits per heavy atom. The van der Waals surface area contributed by atoms with Gasteiger partial charge >= 0.3 is 5.97 Å². The number of nitrogens with one attached hydrogen (secondary N) is 1. The quantitative estimate of drug-likeness (QED) is 0.355. The average Bonchev–Trinajstić information content (AvgIpc) is 3.14. The van der Waals surface area contributed by atoms with Gasteiger partial charge in [-0.3, -0.25) is 10.1 Å². The third kappa shape index (κ3) is 4.63. The molecular formula is C16H19N5O4. The Bertz CT molecular complexity index is 773. The van der Waals surface area contributed by atoms with E-state index < -0.39 is 10.9 Å². The van der Waals surface area contributed by atoms with Crippen LogP contribution < -0.4 is 5.32 Å². The third-order valence-corrected chi connectivity index (χ3v) is 3.79. The summed E-state index contributed by atoms with van der Waals surface area (Å²) in [5.74, 6) is -0.528. The van der Waals surface area contributed by atoms with Crippen LogP contribution in [0, 0.1) is 10.1 Å². The van der Waals surface area contributed by atoms with Gasteiger partial charge in [-0.2, -0.15) is 5.10 Å². The lowest BCUT2D eigenvalue weighted by Crippen LogP contribution is -2.27. The molecule has 1 heterocycles. The summed E-state index contributed by atoms with van der Waals surface area (Å²) in [4.78, 5) is 25.9. The smallest absolute Gasteiger partial charge is 0.330 e. The fourth-order valence-electron chi connectivity index (χ4n) is 2.18. The van der Waals surface area contributed by atoms with Crippen molar-refractivity contribution in [2.75, 3.05) is 12.4 Å². The van der Waals surface area contributed by atoms with Gasteiger partial charge in [0.2, 0.25) is 0 Å². The predicted molar refractivity (Wildman–Crippen MR) is 92.0 cm³/mol. The van der Waals surface area contributed by atoms with Gasteiger partial charge in [0.15, 0.2) is 0 Å². The molecule has 0 saturated carbocycles. The first-order chi connectivity index (χ1) is 11.9. The molecule has 1 aromatic carbocycles. The van der Waals surface area contributed by atoms with Crippen LogP contribution in [0.3, 0.4) is 0 Å². The number of nitro benzene ring substituents is 1. The number of hydrogen-bond donors (Lipinski definition) is 1. The molecule has 0 fully saturated rings. The molecule has 0 amide bonds. The van der Waals surface area contributed by atoms with Crippen LogP contribution in [0.15, 0.2) is 36.9 Å². The lowest BCUT2D eigenvalue weighted by molar-refractivity contribution is -0.384. The zero-order valence-electron chi connectivity index (χ0n) is 14.1. The summed E-state index contributed by atoms with van der Waals surface area (Å²) in [6.45, 7) is 3.84. The number of anilines is 1. The highest BCUT2D eigenvalue weighted by molar-refractivity contribution is 5.87. The van der Waals surface area contributed by atoms with Gasteiger partial charge < -0.3 is 10.1 Å². The highest BCUT2D eigenvalue weighted by Gasteiger charge is 2.20. The number of nitrogens with zero attached hydrogens (tertiary/aromatic N) is 4. The molecular weight excluding hydrogens is 326 g/mol. The number of carbonyl (C=O) groups excluding carboxylic acids is 1. The van der Waals surface area contributed by atoms with Crippen molar-refractivity contribution in [1.82, 2.24) is 14.8 Å². The first kappa shape index (κ1) is 18.1. The SMILES string of the molecule is COC(=O)/C=C\c1ccc(N[C@H](C)[C@@H](C)n2cncn2)c([N+](=O)[O-])c1. The van der Waals surface area contributed by atoms with Crippen molar-refractivity contribution in [1.29, 1.82) is 0 Å². The maximum atomic E-state index is 11.4. The molecule has 1 aromatic heterocycles. The molecule has 0 aliphatic heterocycles. The van der Waals surface area contributed by atoms with Crippen molar-refractivity contribution in [2.45, 2.75) is 25.9 Å². The fourth-order valence-corrected chi connectivity index (χ4v) is 2.18. The number of carbonyl (C=O) groups is 1. The van der Waals surface area contributed by atoms with Gasteiger partial charge in [-0.25, -0.2) is 14.5 Å². The van der Waals surface area contributed by atoms with Gasteiger partial charge in [-0.05, 0) is 31.6 Å². The zero-order chi connectivity index (χ0) is 18.4. The molecule has 0 saturated heterocycles. The minimum absolute atomic E-state index is 0.0546. The van der Waals surface area contributed by atoms with Crippen molar-refractivity contribution in [2.24, 2.45) is 0 Å². The van der Waals surface area contributed by atoms with E-state index in [9.17, 15) is 14.9 Å². The summed E-state index contributed by atoms with van der Waals surface area (Å²) >= 11 is 0. The molecule has 132 valence electrons. The molecule has 0 spiro atoms. The molecule has 2 rings (SSSR count). The van der Waals surface area contributed by atoms with E-state index in [1.807, 2.05) is 13.8 Å². The van der Waals surface area contributed by atoms with Crippen LogP contribution >= 0.6 is 0 Å². The van der Waals surface area contributed by atoms with Gasteiger partial charge in [-0.1, -0.05) is 6.07 Å². The van der Waals surface area contributed by atoms with E-state index in [1.54, 1.807) is 23.1 Å². The largest absolute Gasteiger partial charge is 0.466 e. The summed E-state index contributed by atoms with van der Waals surface area (Å²) in [5, 5.41) is 18.6. The monoisotopic (exact) mass is 345 g/mol. The van der Waals surface area contributed by atoms with Crippen LogP contribution in [0.5, 0.6) is 0 Å². The second kappa shape index (κ2) is 8.04. The van der Waals surface area contributed by atoms with Crippen molar-refractivity contribution in [3.8, 4) is 0 Å². The molecule has 0 aliphatic carbocycles. The second-order valence-corrected chi connectivity index (χ2v) is 5.44. The van der Waals surface area contributed by atoms with Gasteiger partial charge in [-0.15, -0.1) is 0 Å². The zero-order valence-corrected chi connectivity index (χ0v) is 14.1. The highest BCUT2D eigenvalue weighted by Crippen LogP contribution is 2.28. The van der Waals surface area contributed by atoms with Gasteiger partial charge in [0.1, 0.15) is 18.3 Å². The summed E-state index contributed by atoms with van der Waals surface area (Å²) < 4.78 is 6.18. The van der Waals surface area contributed by atoms with E-state index in [1.165, 1.54) is 31.7 Å². The van der Waals surface area contributed by atoms with Crippen LogP contribution in [-0.4, -0.2) is 38.8 Å². The number of aromatic nitrogens is 3. The lowest BCUT2D eigenvalue weighted by atomic mass is 10.1. The molecule has 0 aliphatic rings. The third-order valence-electron chi connectivity index (χ3n) is 3.79. The fraction of sp³-hybridized carbons (Fsp3) is 0.312. The first-order valence-corrected chi connectivity index (χ1v) is 7.57. The van der Waals surface area contributed by atoms with E-state index in [2.05, 4.69) is 20.1 Å². The molecule has 1 N–H and O–H groups in total. The number of nitro groups is 1. The number of ether oxygens (including phenoxy) is 1. The Hall–Kier alpha value is -3.23. The number of rotatable bonds is 7. The Labute approximate surface area is 144 Å². The van der Waals surface area contributed by atoms with E-state index in [0.717, 1.165) is 0 Å². The predicted octanol–water partition coefficient (Wildman–Crippen LogP) is 2.43. The molecule has 2 atom stereocenters. The molecule has 0 bridgehead atoms. The summed E-state index contributed by atoms with van der Waals surface area (Å²) in [6.07, 6.45) is 5.71. The molecule has 2 aromatic rings. The van der Waals surface area contributed by atoms with E-state index in [4.69, 9.17) is 0 Å². The Kier molecular flexibility index (Phi) is 5.83. The second-order valence-electron chi connectivity index (χ2n) is 5.44. The van der Waals surface area contributed by atoms with Gasteiger partial charge in [0.05, 0.1) is 18.1 Å². The Morgan fingerprint density at radius 2 is 2.20 bits per heavy atom. The number of hydrogen-bond acceptors (Lipinski definition) is 7. The van der Waals surface area contributed by atoms with Gasteiger partial charge in [0.25, 0.3) is 5.69 Å². The van der Waals surface area contributed by atoms with E-state index >= 15 is 0 Å². The van der Waals surface area contributed by atoms with Crippen LogP contribution in [0.1, 0.15) is 25.5 Å². The van der Waals surface area contributed by atoms with Crippen molar-refractivity contribution in [3.05, 3.63) is 52.6 Å². The van der Waals surface area contributed by atoms with Crippen LogP contribution in [0.25, 0.3) is 6.08 Å². The molecule has 9 heteroatoms. The van der Waals surface area contributed by atoms with E-state index in [-0.39, 0.29) is 17.8 Å². The van der Waals surface area contributed by atoms with E-state index in [0.29, 0.717) is 11.3 Å². The van der Waals surface area contributed by atoms with Crippen molar-refractivity contribution in [3.63, 3.8) is 0 Å². The molecule has 0 unspecified atom stereocenters. The maximum absolute atomic E-state index is 11.4. The minimum atomic E-state index is -0.528. The summed E-state index contributed by atoms with van der Waals surface area (Å²) in [6, 6.07) is 4.51. The van der Waals surface area contributed by atoms with Gasteiger partial charge in [0, 0.05) is 18.2 Å². The maximum Gasteiger partial charge on any atom is 0.330 e. The number of esters is 1. The molecule has 25 heavy (non-hydrogen) atoms. The standard InChI is InChI=1S/C16H19N5O4/c1-11(12(2)20-10-17-9-18-20)19-14-6-4-13(5-7-16(22)25-3)8-15(14)21(23)24/h4-12,19H,1-3H3/b7-5-/t11-,12-/m1/s1. The first-order valence-electron chi connectivity index (χ1n) is 7.57. The topological polar surface area (TPSA) is 112 Å². The summed E-state index contributed by atoms with van der Waals surface area (Å²) in [5.41, 5.74) is 0.837. The highest BCUT2D eigenvalue weighted by atomic mass is 16.6. The normalized spacial score (nSPS) is 13.4. The number of methoxy groups -OCH3 is 1. The lowest BCUT2D eigenvalue weighted by Gasteiger charge is -2.22. The average molecular weight is 345 g/mol. The van der Waals surface area contributed by atoms with Crippen molar-refractivity contribution >= 4 is 23.4 Å². The minimum Gasteiger partial charge on any atom is -0.466 e. The molecule has 0 radical (unpaired) electrons. The Morgan fingerprint density at radius 1 is 1.44 bits per heavy atom. The molecule has 9 nitrogen and oxygen atoms in total. The Balaban J connectivity index is 2.21. The van der Waals surface area contributed by atoms with Crippen molar-refractivity contribution < 1.29 is 14.5 Å². The van der Waals surface area contributed by atoms with Crippen LogP contribution in [0.2, 0.25) is 0 Å². The summed E-state index contributed by atoms with van der Waals surface area (Å²) in [7, 11) is 1.26. The number of benzene rings is 1. The van der Waals surface area contributed by atoms with Crippen LogP contribution in [-0.2, 0) is 9.53 Å².